The first kappa shape index (κ1) is 11.1. The first-order valence-electron chi connectivity index (χ1n) is 5.57. The monoisotopic (exact) mass is 232 g/mol. The summed E-state index contributed by atoms with van der Waals surface area (Å²) in [5.41, 5.74) is 10.6. The van der Waals surface area contributed by atoms with Crippen molar-refractivity contribution in [1.29, 1.82) is 0 Å². The SMILES string of the molecule is CCc1ccc(-c2csc(N)n2)cc1CC. The number of aryl methyl sites for hydroxylation is 2. The highest BCUT2D eigenvalue weighted by molar-refractivity contribution is 7.13. The van der Waals surface area contributed by atoms with Gasteiger partial charge in [0.25, 0.3) is 0 Å². The lowest BCUT2D eigenvalue weighted by Gasteiger charge is -2.07. The minimum atomic E-state index is 0.632. The Bertz CT molecular complexity index is 488. The number of nitrogens with zero attached hydrogens (tertiary/aromatic N) is 1. The lowest BCUT2D eigenvalue weighted by molar-refractivity contribution is 1.04. The van der Waals surface area contributed by atoms with E-state index in [1.54, 1.807) is 0 Å². The quantitative estimate of drug-likeness (QED) is 0.879. The second kappa shape index (κ2) is 4.66. The number of aromatic nitrogens is 1. The summed E-state index contributed by atoms with van der Waals surface area (Å²) in [6, 6.07) is 6.56. The zero-order chi connectivity index (χ0) is 11.5. The first-order valence-corrected chi connectivity index (χ1v) is 6.45. The summed E-state index contributed by atoms with van der Waals surface area (Å²) in [4.78, 5) is 4.31. The van der Waals surface area contributed by atoms with Crippen LogP contribution < -0.4 is 5.73 Å². The molecule has 0 amide bonds. The van der Waals surface area contributed by atoms with E-state index in [1.165, 1.54) is 28.0 Å². The van der Waals surface area contributed by atoms with E-state index in [4.69, 9.17) is 5.73 Å². The van der Waals surface area contributed by atoms with Crippen molar-refractivity contribution in [2.45, 2.75) is 26.7 Å². The van der Waals surface area contributed by atoms with Gasteiger partial charge in [-0.3, -0.25) is 0 Å². The van der Waals surface area contributed by atoms with Crippen LogP contribution in [0.3, 0.4) is 0 Å². The molecule has 2 nitrogen and oxygen atoms in total. The summed E-state index contributed by atoms with van der Waals surface area (Å²) in [6.07, 6.45) is 2.15. The smallest absolute Gasteiger partial charge is 0.180 e. The number of nitrogen functional groups attached to an aromatic ring is 1. The molecule has 0 fully saturated rings. The fourth-order valence-electron chi connectivity index (χ4n) is 1.88. The molecule has 2 N–H and O–H groups in total. The van der Waals surface area contributed by atoms with E-state index in [1.807, 2.05) is 5.38 Å². The van der Waals surface area contributed by atoms with Crippen molar-refractivity contribution >= 4 is 16.5 Å². The first-order chi connectivity index (χ1) is 7.74. The van der Waals surface area contributed by atoms with Gasteiger partial charge in [-0.1, -0.05) is 26.0 Å². The van der Waals surface area contributed by atoms with Crippen LogP contribution in [-0.4, -0.2) is 4.98 Å². The van der Waals surface area contributed by atoms with Crippen molar-refractivity contribution < 1.29 is 0 Å². The molecule has 0 radical (unpaired) electrons. The minimum absolute atomic E-state index is 0.632. The standard InChI is InChI=1S/C13H16N2S/c1-3-9-5-6-11(7-10(9)4-2)12-8-16-13(14)15-12/h5-8H,3-4H2,1-2H3,(H2,14,15). The highest BCUT2D eigenvalue weighted by Gasteiger charge is 2.05. The van der Waals surface area contributed by atoms with Gasteiger partial charge in [-0.05, 0) is 30.0 Å². The minimum Gasteiger partial charge on any atom is -0.375 e. The third kappa shape index (κ3) is 2.09. The fraction of sp³-hybridized carbons (Fsp3) is 0.308. The fourth-order valence-corrected chi connectivity index (χ4v) is 2.45. The summed E-state index contributed by atoms with van der Waals surface area (Å²) in [5, 5.41) is 2.64. The molecule has 0 atom stereocenters. The maximum absolute atomic E-state index is 5.65. The molecule has 1 aromatic heterocycles. The van der Waals surface area contributed by atoms with Crippen LogP contribution in [0.5, 0.6) is 0 Å². The van der Waals surface area contributed by atoms with Gasteiger partial charge in [0.15, 0.2) is 5.13 Å². The highest BCUT2D eigenvalue weighted by atomic mass is 32.1. The van der Waals surface area contributed by atoms with E-state index in [-0.39, 0.29) is 0 Å². The van der Waals surface area contributed by atoms with E-state index >= 15 is 0 Å². The molecule has 1 heterocycles. The Balaban J connectivity index is 2.43. The zero-order valence-corrected chi connectivity index (χ0v) is 10.5. The van der Waals surface area contributed by atoms with E-state index < -0.39 is 0 Å². The molecule has 84 valence electrons. The molecule has 0 bridgehead atoms. The molecule has 16 heavy (non-hydrogen) atoms. The van der Waals surface area contributed by atoms with Crippen LogP contribution in [0.2, 0.25) is 0 Å². The van der Waals surface area contributed by atoms with Gasteiger partial charge >= 0.3 is 0 Å². The van der Waals surface area contributed by atoms with Crippen LogP contribution in [0, 0.1) is 0 Å². The Hall–Kier alpha value is -1.35. The number of nitrogens with two attached hydrogens (primary N) is 1. The third-order valence-corrected chi connectivity index (χ3v) is 3.46. The van der Waals surface area contributed by atoms with E-state index in [2.05, 4.69) is 37.0 Å². The van der Waals surface area contributed by atoms with Crippen molar-refractivity contribution in [3.63, 3.8) is 0 Å². The number of anilines is 1. The molecule has 0 spiro atoms. The molecule has 1 aromatic carbocycles. The van der Waals surface area contributed by atoms with Gasteiger partial charge in [0.1, 0.15) is 0 Å². The molecule has 0 saturated carbocycles. The Morgan fingerprint density at radius 3 is 2.50 bits per heavy atom. The predicted octanol–water partition coefficient (Wildman–Crippen LogP) is 3.52. The van der Waals surface area contributed by atoms with Gasteiger partial charge in [0.05, 0.1) is 5.69 Å². The van der Waals surface area contributed by atoms with Crippen LogP contribution in [0.1, 0.15) is 25.0 Å². The highest BCUT2D eigenvalue weighted by Crippen LogP contribution is 2.25. The van der Waals surface area contributed by atoms with Crippen LogP contribution >= 0.6 is 11.3 Å². The van der Waals surface area contributed by atoms with Gasteiger partial charge in [-0.2, -0.15) is 0 Å². The number of thiazole rings is 1. The van der Waals surface area contributed by atoms with Crippen molar-refractivity contribution in [2.75, 3.05) is 5.73 Å². The summed E-state index contributed by atoms with van der Waals surface area (Å²) >= 11 is 1.49. The molecule has 0 aliphatic carbocycles. The van der Waals surface area contributed by atoms with E-state index in [0.29, 0.717) is 5.13 Å². The van der Waals surface area contributed by atoms with E-state index in [0.717, 1.165) is 18.5 Å². The van der Waals surface area contributed by atoms with Crippen molar-refractivity contribution in [1.82, 2.24) is 4.98 Å². The average Bonchev–Trinajstić information content (AvgIpc) is 2.75. The van der Waals surface area contributed by atoms with E-state index in [9.17, 15) is 0 Å². The van der Waals surface area contributed by atoms with Gasteiger partial charge < -0.3 is 5.73 Å². The summed E-state index contributed by atoms with van der Waals surface area (Å²) in [5.74, 6) is 0. The van der Waals surface area contributed by atoms with Gasteiger partial charge in [-0.15, -0.1) is 11.3 Å². The number of benzene rings is 1. The lowest BCUT2D eigenvalue weighted by Crippen LogP contribution is -1.92. The molecule has 0 aliphatic heterocycles. The van der Waals surface area contributed by atoms with Crippen LogP contribution in [0.15, 0.2) is 23.6 Å². The summed E-state index contributed by atoms with van der Waals surface area (Å²) < 4.78 is 0. The molecular formula is C13H16N2S. The molecule has 2 aromatic rings. The van der Waals surface area contributed by atoms with Crippen LogP contribution in [0.25, 0.3) is 11.3 Å². The second-order valence-corrected chi connectivity index (χ2v) is 4.65. The normalized spacial score (nSPS) is 10.6. The third-order valence-electron chi connectivity index (χ3n) is 2.79. The Kier molecular flexibility index (Phi) is 3.25. The molecule has 2 rings (SSSR count). The van der Waals surface area contributed by atoms with Gasteiger partial charge in [0.2, 0.25) is 0 Å². The van der Waals surface area contributed by atoms with Crippen molar-refractivity contribution in [2.24, 2.45) is 0 Å². The molecule has 0 unspecified atom stereocenters. The number of hydrogen-bond donors (Lipinski definition) is 1. The van der Waals surface area contributed by atoms with Crippen LogP contribution in [0.4, 0.5) is 5.13 Å². The summed E-state index contributed by atoms with van der Waals surface area (Å²) in [6.45, 7) is 4.38. The molecule has 0 saturated heterocycles. The second-order valence-electron chi connectivity index (χ2n) is 3.76. The Labute approximate surface area is 100 Å². The number of hydrogen-bond acceptors (Lipinski definition) is 3. The maximum atomic E-state index is 5.65. The zero-order valence-electron chi connectivity index (χ0n) is 9.66. The lowest BCUT2D eigenvalue weighted by atomic mass is 9.99. The summed E-state index contributed by atoms with van der Waals surface area (Å²) in [7, 11) is 0. The Morgan fingerprint density at radius 2 is 1.94 bits per heavy atom. The largest absolute Gasteiger partial charge is 0.375 e. The molecule has 3 heteroatoms. The molecular weight excluding hydrogens is 216 g/mol. The molecule has 0 aliphatic rings. The van der Waals surface area contributed by atoms with Crippen LogP contribution in [-0.2, 0) is 12.8 Å². The van der Waals surface area contributed by atoms with Crippen molar-refractivity contribution in [3.05, 3.63) is 34.7 Å². The topological polar surface area (TPSA) is 38.9 Å². The van der Waals surface area contributed by atoms with Gasteiger partial charge in [-0.25, -0.2) is 4.98 Å². The average molecular weight is 232 g/mol. The predicted molar refractivity (Wildman–Crippen MR) is 70.7 cm³/mol. The number of rotatable bonds is 3. The maximum Gasteiger partial charge on any atom is 0.180 e. The Morgan fingerprint density at radius 1 is 1.19 bits per heavy atom. The van der Waals surface area contributed by atoms with Crippen molar-refractivity contribution in [3.8, 4) is 11.3 Å². The van der Waals surface area contributed by atoms with Gasteiger partial charge in [0, 0.05) is 10.9 Å².